The van der Waals surface area contributed by atoms with E-state index >= 15 is 0 Å². The van der Waals surface area contributed by atoms with Crippen molar-refractivity contribution in [3.8, 4) is 6.07 Å². The van der Waals surface area contributed by atoms with E-state index < -0.39 is 0 Å². The van der Waals surface area contributed by atoms with Crippen LogP contribution in [0.1, 0.15) is 12.8 Å². The Morgan fingerprint density at radius 2 is 2.56 bits per heavy atom. The summed E-state index contributed by atoms with van der Waals surface area (Å²) in [5, 5.41) is 8.55. The predicted octanol–water partition coefficient (Wildman–Crippen LogP) is 0.808. The number of hydrogen-bond acceptors (Lipinski definition) is 2. The Kier molecular flexibility index (Phi) is 2.07. The first-order valence-corrected chi connectivity index (χ1v) is 3.26. The summed E-state index contributed by atoms with van der Waals surface area (Å²) >= 11 is 0. The van der Waals surface area contributed by atoms with Gasteiger partial charge in [0.25, 0.3) is 0 Å². The monoisotopic (exact) mass is 123 g/mol. The largest absolute Gasteiger partial charge is 0.291 e. The minimum atomic E-state index is 0.138. The van der Waals surface area contributed by atoms with Crippen molar-refractivity contribution in [3.05, 3.63) is 6.42 Å². The molecule has 1 saturated heterocycles. The van der Waals surface area contributed by atoms with E-state index in [1.807, 2.05) is 7.05 Å². The van der Waals surface area contributed by atoms with Gasteiger partial charge in [-0.05, 0) is 32.9 Å². The van der Waals surface area contributed by atoms with Crippen molar-refractivity contribution in [2.45, 2.75) is 18.9 Å². The molecule has 49 valence electrons. The third-order valence-electron chi connectivity index (χ3n) is 1.76. The van der Waals surface area contributed by atoms with Gasteiger partial charge in [0, 0.05) is 0 Å². The fraction of sp³-hybridized carbons (Fsp3) is 0.714. The summed E-state index contributed by atoms with van der Waals surface area (Å²) in [6, 6.07) is 2.39. The van der Waals surface area contributed by atoms with Gasteiger partial charge in [-0.3, -0.25) is 4.90 Å². The lowest BCUT2D eigenvalue weighted by Crippen LogP contribution is -2.35. The predicted molar refractivity (Wildman–Crippen MR) is 35.6 cm³/mol. The molecule has 0 aliphatic carbocycles. The van der Waals surface area contributed by atoms with E-state index in [0.717, 1.165) is 19.4 Å². The first-order valence-electron chi connectivity index (χ1n) is 3.26. The van der Waals surface area contributed by atoms with Gasteiger partial charge < -0.3 is 0 Å². The van der Waals surface area contributed by atoms with Gasteiger partial charge in [0.1, 0.15) is 0 Å². The molecule has 2 heteroatoms. The van der Waals surface area contributed by atoms with Crippen LogP contribution in [0.2, 0.25) is 0 Å². The molecule has 0 saturated carbocycles. The zero-order valence-electron chi connectivity index (χ0n) is 5.67. The van der Waals surface area contributed by atoms with E-state index in [1.54, 1.807) is 0 Å². The van der Waals surface area contributed by atoms with Crippen LogP contribution in [0.25, 0.3) is 0 Å². The molecule has 1 unspecified atom stereocenters. The number of hydrogen-bond donors (Lipinski definition) is 0. The van der Waals surface area contributed by atoms with Crippen LogP contribution in [0.3, 0.4) is 0 Å². The van der Waals surface area contributed by atoms with Crippen LogP contribution in [0.15, 0.2) is 0 Å². The van der Waals surface area contributed by atoms with Crippen LogP contribution < -0.4 is 0 Å². The molecular weight excluding hydrogens is 112 g/mol. The van der Waals surface area contributed by atoms with E-state index in [4.69, 9.17) is 5.26 Å². The summed E-state index contributed by atoms with van der Waals surface area (Å²) in [5.41, 5.74) is 0. The molecule has 0 aromatic rings. The van der Waals surface area contributed by atoms with E-state index in [1.165, 1.54) is 0 Å². The molecule has 1 aliphatic rings. The molecule has 1 atom stereocenters. The number of nitriles is 1. The molecule has 0 bridgehead atoms. The number of piperidine rings is 1. The van der Waals surface area contributed by atoms with Crippen molar-refractivity contribution < 1.29 is 0 Å². The summed E-state index contributed by atoms with van der Waals surface area (Å²) in [6.45, 7) is 1.04. The molecule has 0 aromatic heterocycles. The number of nitrogens with zero attached hydrogens (tertiary/aromatic N) is 2. The van der Waals surface area contributed by atoms with Crippen molar-refractivity contribution in [2.75, 3.05) is 13.6 Å². The Balaban J connectivity index is 2.41. The van der Waals surface area contributed by atoms with Crippen molar-refractivity contribution in [2.24, 2.45) is 0 Å². The van der Waals surface area contributed by atoms with Gasteiger partial charge in [0.2, 0.25) is 0 Å². The average Bonchev–Trinajstić information content (AvgIpc) is 1.89. The smallest absolute Gasteiger partial charge is 0.0978 e. The van der Waals surface area contributed by atoms with Crippen LogP contribution in [0.4, 0.5) is 0 Å². The van der Waals surface area contributed by atoms with Gasteiger partial charge in [0.05, 0.1) is 12.1 Å². The third kappa shape index (κ3) is 1.43. The molecule has 1 rings (SSSR count). The third-order valence-corrected chi connectivity index (χ3v) is 1.76. The molecule has 0 aromatic carbocycles. The maximum Gasteiger partial charge on any atom is 0.0978 e. The fourth-order valence-electron chi connectivity index (χ4n) is 1.06. The summed E-state index contributed by atoms with van der Waals surface area (Å²) < 4.78 is 0. The molecule has 0 amide bonds. The second-order valence-corrected chi connectivity index (χ2v) is 2.44. The van der Waals surface area contributed by atoms with Gasteiger partial charge in [0.15, 0.2) is 0 Å². The summed E-state index contributed by atoms with van der Waals surface area (Å²) in [6.07, 6.45) is 4.26. The standard InChI is InChI=1S/C7H11N2/c1-9-5-3-2-4-7(9)6-8/h2,7H,3-5H2,1H3. The van der Waals surface area contributed by atoms with Crippen LogP contribution in [-0.4, -0.2) is 24.5 Å². The Morgan fingerprint density at radius 1 is 1.78 bits per heavy atom. The normalized spacial score (nSPS) is 29.6. The van der Waals surface area contributed by atoms with E-state index in [2.05, 4.69) is 17.4 Å². The Bertz CT molecular complexity index is 125. The lowest BCUT2D eigenvalue weighted by molar-refractivity contribution is 0.257. The molecule has 1 fully saturated rings. The number of likely N-dealkylation sites (tertiary alicyclic amines) is 1. The summed E-state index contributed by atoms with van der Waals surface area (Å²) in [5.74, 6) is 0. The highest BCUT2D eigenvalue weighted by Gasteiger charge is 2.17. The molecule has 0 N–H and O–H groups in total. The van der Waals surface area contributed by atoms with Gasteiger partial charge in [-0.2, -0.15) is 5.26 Å². The van der Waals surface area contributed by atoms with Gasteiger partial charge >= 0.3 is 0 Å². The van der Waals surface area contributed by atoms with Gasteiger partial charge in [-0.15, -0.1) is 0 Å². The molecule has 9 heavy (non-hydrogen) atoms. The van der Waals surface area contributed by atoms with Crippen LogP contribution in [0, 0.1) is 17.8 Å². The molecule has 1 heterocycles. The van der Waals surface area contributed by atoms with Crippen molar-refractivity contribution >= 4 is 0 Å². The fourth-order valence-corrected chi connectivity index (χ4v) is 1.06. The molecule has 1 radical (unpaired) electrons. The minimum Gasteiger partial charge on any atom is -0.291 e. The highest BCUT2D eigenvalue weighted by molar-refractivity contribution is 4.97. The second-order valence-electron chi connectivity index (χ2n) is 2.44. The minimum absolute atomic E-state index is 0.138. The Labute approximate surface area is 56.1 Å². The van der Waals surface area contributed by atoms with Crippen molar-refractivity contribution in [1.29, 1.82) is 5.26 Å². The maximum atomic E-state index is 8.55. The first kappa shape index (κ1) is 6.57. The lowest BCUT2D eigenvalue weighted by atomic mass is 10.0. The maximum absolute atomic E-state index is 8.55. The first-order chi connectivity index (χ1) is 4.34. The second kappa shape index (κ2) is 2.84. The summed E-state index contributed by atoms with van der Waals surface area (Å²) in [7, 11) is 2.00. The quantitative estimate of drug-likeness (QED) is 0.476. The van der Waals surface area contributed by atoms with Crippen molar-refractivity contribution in [1.82, 2.24) is 4.90 Å². The Morgan fingerprint density at radius 3 is 3.00 bits per heavy atom. The average molecular weight is 123 g/mol. The SMILES string of the molecule is CN1CC[CH]CC1C#N. The van der Waals surface area contributed by atoms with Crippen LogP contribution >= 0.6 is 0 Å². The van der Waals surface area contributed by atoms with Gasteiger partial charge in [-0.25, -0.2) is 0 Å². The van der Waals surface area contributed by atoms with E-state index in [9.17, 15) is 0 Å². The molecule has 1 aliphatic heterocycles. The van der Waals surface area contributed by atoms with E-state index in [-0.39, 0.29) is 6.04 Å². The number of rotatable bonds is 0. The van der Waals surface area contributed by atoms with Crippen LogP contribution in [-0.2, 0) is 0 Å². The summed E-state index contributed by atoms with van der Waals surface area (Å²) in [4.78, 5) is 2.10. The highest BCUT2D eigenvalue weighted by Crippen LogP contribution is 2.12. The molecule has 2 nitrogen and oxygen atoms in total. The Hall–Kier alpha value is -0.550. The zero-order chi connectivity index (χ0) is 6.69. The van der Waals surface area contributed by atoms with Gasteiger partial charge in [-0.1, -0.05) is 0 Å². The zero-order valence-corrected chi connectivity index (χ0v) is 5.67. The lowest BCUT2D eigenvalue weighted by Gasteiger charge is -2.26. The van der Waals surface area contributed by atoms with Crippen LogP contribution in [0.5, 0.6) is 0 Å². The van der Waals surface area contributed by atoms with E-state index in [0.29, 0.717) is 0 Å². The molecular formula is C7H11N2. The topological polar surface area (TPSA) is 27.0 Å². The highest BCUT2D eigenvalue weighted by atomic mass is 15.1. The van der Waals surface area contributed by atoms with Crippen molar-refractivity contribution in [3.63, 3.8) is 0 Å². The molecule has 0 spiro atoms.